The maximum atomic E-state index is 14.0. The number of amides is 1. The van der Waals surface area contributed by atoms with Gasteiger partial charge in [0.1, 0.15) is 5.82 Å². The highest BCUT2D eigenvalue weighted by molar-refractivity contribution is 7.89. The van der Waals surface area contributed by atoms with E-state index in [0.29, 0.717) is 11.3 Å². The zero-order chi connectivity index (χ0) is 18.6. The predicted octanol–water partition coefficient (Wildman–Crippen LogP) is 1.73. The SMILES string of the molecule is CNS(=O)(=O)c1cccc(CNC(=O)c2ccc(N(C)C)c(F)c2)c1. The number of hydrogen-bond donors (Lipinski definition) is 2. The van der Waals surface area contributed by atoms with E-state index in [9.17, 15) is 17.6 Å². The van der Waals surface area contributed by atoms with Gasteiger partial charge in [-0.05, 0) is 42.9 Å². The number of carbonyl (C=O) groups excluding carboxylic acids is 1. The van der Waals surface area contributed by atoms with E-state index in [4.69, 9.17) is 0 Å². The van der Waals surface area contributed by atoms with E-state index >= 15 is 0 Å². The van der Waals surface area contributed by atoms with Crippen molar-refractivity contribution in [3.63, 3.8) is 0 Å². The zero-order valence-electron chi connectivity index (χ0n) is 14.2. The van der Waals surface area contributed by atoms with Gasteiger partial charge in [0, 0.05) is 26.2 Å². The van der Waals surface area contributed by atoms with E-state index in [2.05, 4.69) is 10.0 Å². The van der Waals surface area contributed by atoms with Gasteiger partial charge in [0.05, 0.1) is 10.6 Å². The molecule has 134 valence electrons. The molecule has 25 heavy (non-hydrogen) atoms. The van der Waals surface area contributed by atoms with Crippen LogP contribution in [0.25, 0.3) is 0 Å². The Kier molecular flexibility index (Phi) is 5.76. The second-order valence-electron chi connectivity index (χ2n) is 5.60. The Morgan fingerprint density at radius 3 is 2.48 bits per heavy atom. The first-order chi connectivity index (χ1) is 11.7. The molecule has 0 heterocycles. The summed E-state index contributed by atoms with van der Waals surface area (Å²) < 4.78 is 39.8. The summed E-state index contributed by atoms with van der Waals surface area (Å²) in [5.74, 6) is -0.925. The van der Waals surface area contributed by atoms with E-state index in [1.54, 1.807) is 31.1 Å². The van der Waals surface area contributed by atoms with Crippen LogP contribution in [0.4, 0.5) is 10.1 Å². The molecule has 1 amide bonds. The number of rotatable bonds is 6. The highest BCUT2D eigenvalue weighted by atomic mass is 32.2. The fraction of sp³-hybridized carbons (Fsp3) is 0.235. The Morgan fingerprint density at radius 2 is 1.88 bits per heavy atom. The summed E-state index contributed by atoms with van der Waals surface area (Å²) in [6, 6.07) is 10.5. The minimum Gasteiger partial charge on any atom is -0.375 e. The summed E-state index contributed by atoms with van der Waals surface area (Å²) >= 11 is 0. The standard InChI is InChI=1S/C17H20FN3O3S/c1-19-25(23,24)14-6-4-5-12(9-14)11-20-17(22)13-7-8-16(21(2)3)15(18)10-13/h4-10,19H,11H2,1-3H3,(H,20,22). The van der Waals surface area contributed by atoms with Crippen molar-refractivity contribution in [2.45, 2.75) is 11.4 Å². The normalized spacial score (nSPS) is 11.2. The second kappa shape index (κ2) is 7.62. The lowest BCUT2D eigenvalue weighted by Crippen LogP contribution is -2.24. The van der Waals surface area contributed by atoms with Gasteiger partial charge in [-0.1, -0.05) is 12.1 Å². The van der Waals surface area contributed by atoms with Crippen LogP contribution in [-0.4, -0.2) is 35.5 Å². The Morgan fingerprint density at radius 1 is 1.16 bits per heavy atom. The molecule has 0 spiro atoms. The van der Waals surface area contributed by atoms with Crippen molar-refractivity contribution in [3.05, 3.63) is 59.4 Å². The molecule has 2 aromatic rings. The molecule has 0 fully saturated rings. The fourth-order valence-electron chi connectivity index (χ4n) is 2.24. The van der Waals surface area contributed by atoms with E-state index in [-0.39, 0.29) is 17.0 Å². The molecule has 0 aliphatic rings. The largest absolute Gasteiger partial charge is 0.375 e. The van der Waals surface area contributed by atoms with Crippen LogP contribution in [0.2, 0.25) is 0 Å². The van der Waals surface area contributed by atoms with Crippen LogP contribution < -0.4 is 14.9 Å². The quantitative estimate of drug-likeness (QED) is 0.817. The van der Waals surface area contributed by atoms with Crippen LogP contribution in [0.5, 0.6) is 0 Å². The van der Waals surface area contributed by atoms with E-state index in [0.717, 1.165) is 0 Å². The molecule has 0 bridgehead atoms. The van der Waals surface area contributed by atoms with E-state index in [1.165, 1.54) is 37.4 Å². The van der Waals surface area contributed by atoms with Crippen LogP contribution in [0.15, 0.2) is 47.4 Å². The third-order valence-electron chi connectivity index (χ3n) is 3.62. The molecule has 2 aromatic carbocycles. The lowest BCUT2D eigenvalue weighted by atomic mass is 10.1. The lowest BCUT2D eigenvalue weighted by Gasteiger charge is -2.14. The fourth-order valence-corrected chi connectivity index (χ4v) is 3.04. The van der Waals surface area contributed by atoms with Crippen molar-refractivity contribution < 1.29 is 17.6 Å². The number of nitrogens with zero attached hydrogens (tertiary/aromatic N) is 1. The molecule has 0 unspecified atom stereocenters. The maximum absolute atomic E-state index is 14.0. The Labute approximate surface area is 146 Å². The highest BCUT2D eigenvalue weighted by Crippen LogP contribution is 2.18. The number of carbonyl (C=O) groups is 1. The molecule has 0 saturated heterocycles. The third-order valence-corrected chi connectivity index (χ3v) is 5.03. The number of nitrogens with one attached hydrogen (secondary N) is 2. The summed E-state index contributed by atoms with van der Waals surface area (Å²) in [7, 11) is 1.21. The van der Waals surface area contributed by atoms with Crippen molar-refractivity contribution in [1.82, 2.24) is 10.0 Å². The van der Waals surface area contributed by atoms with Gasteiger partial charge in [-0.3, -0.25) is 4.79 Å². The Balaban J connectivity index is 2.10. The van der Waals surface area contributed by atoms with E-state index < -0.39 is 21.7 Å². The Bertz CT molecular complexity index is 882. The van der Waals surface area contributed by atoms with Crippen molar-refractivity contribution in [1.29, 1.82) is 0 Å². The molecule has 8 heteroatoms. The first-order valence-corrected chi connectivity index (χ1v) is 9.00. The summed E-state index contributed by atoms with van der Waals surface area (Å²) in [5.41, 5.74) is 1.21. The molecule has 2 rings (SSSR count). The Hall–Kier alpha value is -2.45. The number of anilines is 1. The summed E-state index contributed by atoms with van der Waals surface area (Å²) in [6.07, 6.45) is 0. The van der Waals surface area contributed by atoms with E-state index in [1.807, 2.05) is 0 Å². The molecular weight excluding hydrogens is 345 g/mol. The van der Waals surface area contributed by atoms with Gasteiger partial charge in [-0.15, -0.1) is 0 Å². The molecule has 0 aliphatic carbocycles. The summed E-state index contributed by atoms with van der Waals surface area (Å²) in [5, 5.41) is 2.65. The average molecular weight is 365 g/mol. The second-order valence-corrected chi connectivity index (χ2v) is 7.48. The first-order valence-electron chi connectivity index (χ1n) is 7.52. The molecule has 0 atom stereocenters. The topological polar surface area (TPSA) is 78.5 Å². The minimum atomic E-state index is -3.55. The molecule has 0 saturated carbocycles. The molecule has 0 aromatic heterocycles. The number of hydrogen-bond acceptors (Lipinski definition) is 4. The minimum absolute atomic E-state index is 0.114. The number of benzene rings is 2. The van der Waals surface area contributed by atoms with Crippen molar-refractivity contribution >= 4 is 21.6 Å². The molecule has 0 radical (unpaired) electrons. The van der Waals surface area contributed by atoms with Gasteiger partial charge in [0.2, 0.25) is 10.0 Å². The molecule has 2 N–H and O–H groups in total. The van der Waals surface area contributed by atoms with Crippen LogP contribution in [0.1, 0.15) is 15.9 Å². The summed E-state index contributed by atoms with van der Waals surface area (Å²) in [6.45, 7) is 0.128. The van der Waals surface area contributed by atoms with Crippen molar-refractivity contribution in [3.8, 4) is 0 Å². The van der Waals surface area contributed by atoms with Gasteiger partial charge in [-0.2, -0.15) is 0 Å². The average Bonchev–Trinajstić information content (AvgIpc) is 2.59. The molecular formula is C17H20FN3O3S. The van der Waals surface area contributed by atoms with Gasteiger partial charge < -0.3 is 10.2 Å². The van der Waals surface area contributed by atoms with Crippen molar-refractivity contribution in [2.75, 3.05) is 26.0 Å². The van der Waals surface area contributed by atoms with Crippen LogP contribution in [0.3, 0.4) is 0 Å². The smallest absolute Gasteiger partial charge is 0.251 e. The van der Waals surface area contributed by atoms with Crippen LogP contribution in [-0.2, 0) is 16.6 Å². The first kappa shape index (κ1) is 18.9. The van der Waals surface area contributed by atoms with Gasteiger partial charge >= 0.3 is 0 Å². The predicted molar refractivity (Wildman–Crippen MR) is 94.6 cm³/mol. The van der Waals surface area contributed by atoms with Crippen molar-refractivity contribution in [2.24, 2.45) is 0 Å². The maximum Gasteiger partial charge on any atom is 0.251 e. The molecule has 0 aliphatic heterocycles. The van der Waals surface area contributed by atoms with Crippen LogP contribution >= 0.6 is 0 Å². The highest BCUT2D eigenvalue weighted by Gasteiger charge is 2.13. The lowest BCUT2D eigenvalue weighted by molar-refractivity contribution is 0.0950. The van der Waals surface area contributed by atoms with Gasteiger partial charge in [0.15, 0.2) is 0 Å². The third kappa shape index (κ3) is 4.55. The number of sulfonamides is 1. The van der Waals surface area contributed by atoms with Gasteiger partial charge in [0.25, 0.3) is 5.91 Å². The number of halogens is 1. The monoisotopic (exact) mass is 365 g/mol. The van der Waals surface area contributed by atoms with Crippen LogP contribution in [0, 0.1) is 5.82 Å². The summed E-state index contributed by atoms with van der Waals surface area (Å²) in [4.78, 5) is 13.9. The molecule has 6 nitrogen and oxygen atoms in total. The zero-order valence-corrected chi connectivity index (χ0v) is 15.0. The van der Waals surface area contributed by atoms with Gasteiger partial charge in [-0.25, -0.2) is 17.5 Å².